The molecular formula is C26H17ClFNO6. The summed E-state index contributed by atoms with van der Waals surface area (Å²) in [5.41, 5.74) is 0.428. The maximum absolute atomic E-state index is 14.0. The summed E-state index contributed by atoms with van der Waals surface area (Å²) in [5.74, 6) is -3.06. The predicted octanol–water partition coefficient (Wildman–Crippen LogP) is 5.72. The highest BCUT2D eigenvalue weighted by atomic mass is 35.5. The molecule has 1 aliphatic heterocycles. The summed E-state index contributed by atoms with van der Waals surface area (Å²) in [6.07, 6.45) is 0. The summed E-state index contributed by atoms with van der Waals surface area (Å²) in [6.45, 7) is 0. The Morgan fingerprint density at radius 1 is 1.09 bits per heavy atom. The molecular weight excluding hydrogens is 477 g/mol. The number of methoxy groups -OCH3 is 1. The highest BCUT2D eigenvalue weighted by Crippen LogP contribution is 2.43. The molecule has 0 saturated heterocycles. The van der Waals surface area contributed by atoms with E-state index in [1.54, 1.807) is 12.1 Å². The van der Waals surface area contributed by atoms with Crippen LogP contribution in [-0.4, -0.2) is 29.0 Å². The molecule has 0 bridgehead atoms. The Hall–Kier alpha value is -4.30. The van der Waals surface area contributed by atoms with Gasteiger partial charge in [-0.25, -0.2) is 4.39 Å². The molecule has 0 spiro atoms. The Morgan fingerprint density at radius 2 is 1.86 bits per heavy atom. The van der Waals surface area contributed by atoms with Gasteiger partial charge in [-0.1, -0.05) is 29.8 Å². The van der Waals surface area contributed by atoms with E-state index in [1.165, 1.54) is 55.6 Å². The smallest absolute Gasteiger partial charge is 0.294 e. The van der Waals surface area contributed by atoms with Crippen LogP contribution in [0.1, 0.15) is 22.2 Å². The number of fused-ring (bicyclic) bond motifs is 1. The van der Waals surface area contributed by atoms with Gasteiger partial charge in [0.25, 0.3) is 5.91 Å². The largest absolute Gasteiger partial charge is 0.508 e. The number of hydrogen-bond donors (Lipinski definition) is 2. The molecule has 1 amide bonds. The quantitative estimate of drug-likeness (QED) is 0.345. The molecule has 2 N–H and O–H groups in total. The van der Waals surface area contributed by atoms with Gasteiger partial charge in [0.2, 0.25) is 5.78 Å². The molecule has 0 fully saturated rings. The molecule has 0 radical (unpaired) electrons. The molecule has 1 unspecified atom stereocenters. The van der Waals surface area contributed by atoms with Crippen molar-refractivity contribution in [2.24, 2.45) is 0 Å². The van der Waals surface area contributed by atoms with Gasteiger partial charge in [0.05, 0.1) is 18.7 Å². The molecule has 9 heteroatoms. The number of aliphatic hydroxyl groups excluding tert-OH is 1. The zero-order chi connectivity index (χ0) is 24.9. The Labute approximate surface area is 203 Å². The minimum absolute atomic E-state index is 0.115. The summed E-state index contributed by atoms with van der Waals surface area (Å²) in [6, 6.07) is 14.5. The van der Waals surface area contributed by atoms with Crippen LogP contribution in [0.2, 0.25) is 5.02 Å². The minimum Gasteiger partial charge on any atom is -0.508 e. The molecule has 3 aromatic carbocycles. The molecule has 7 nitrogen and oxygen atoms in total. The lowest BCUT2D eigenvalue weighted by molar-refractivity contribution is -0.117. The predicted molar refractivity (Wildman–Crippen MR) is 126 cm³/mol. The van der Waals surface area contributed by atoms with Crippen molar-refractivity contribution in [2.45, 2.75) is 6.04 Å². The Balaban J connectivity index is 1.68. The number of amides is 1. The van der Waals surface area contributed by atoms with Crippen molar-refractivity contribution in [2.75, 3.05) is 12.0 Å². The van der Waals surface area contributed by atoms with E-state index < -0.39 is 29.3 Å². The number of benzene rings is 3. The summed E-state index contributed by atoms with van der Waals surface area (Å²) in [4.78, 5) is 27.9. The van der Waals surface area contributed by atoms with Crippen molar-refractivity contribution in [1.29, 1.82) is 0 Å². The molecule has 2 heterocycles. The lowest BCUT2D eigenvalue weighted by atomic mass is 9.94. The fourth-order valence-electron chi connectivity index (χ4n) is 4.22. The highest BCUT2D eigenvalue weighted by Gasteiger charge is 2.45. The minimum atomic E-state index is -1.16. The number of carbonyl (C=O) groups excluding carboxylic acids is 2. The molecule has 1 aliphatic rings. The fraction of sp³-hybridized carbons (Fsp3) is 0.0769. The molecule has 1 aromatic heterocycles. The van der Waals surface area contributed by atoms with Gasteiger partial charge in [0.15, 0.2) is 22.9 Å². The number of Topliss-reactive ketones (excluding diaryl/α,β-unsaturated/α-hetero) is 1. The van der Waals surface area contributed by atoms with Crippen LogP contribution in [0.4, 0.5) is 10.1 Å². The number of halogens is 2. The van der Waals surface area contributed by atoms with Crippen molar-refractivity contribution in [3.05, 3.63) is 100 Å². The second-order valence-corrected chi connectivity index (χ2v) is 8.32. The maximum atomic E-state index is 14.0. The molecule has 35 heavy (non-hydrogen) atoms. The lowest BCUT2D eigenvalue weighted by Crippen LogP contribution is -2.31. The van der Waals surface area contributed by atoms with E-state index in [-0.39, 0.29) is 28.4 Å². The van der Waals surface area contributed by atoms with Crippen molar-refractivity contribution in [1.82, 2.24) is 0 Å². The van der Waals surface area contributed by atoms with Crippen LogP contribution in [0.25, 0.3) is 11.0 Å². The first-order valence-electron chi connectivity index (χ1n) is 10.4. The monoisotopic (exact) mass is 493 g/mol. The normalized spacial score (nSPS) is 15.8. The average Bonchev–Trinajstić information content (AvgIpc) is 3.37. The summed E-state index contributed by atoms with van der Waals surface area (Å²) >= 11 is 6.12. The number of aromatic hydroxyl groups is 1. The third-order valence-electron chi connectivity index (χ3n) is 5.72. The standard InChI is InChI=1S/C26H17ClFNO6/c1-34-20-11-15(27)8-14-10-19(35-25(14)20)23(31)21-22(13-4-2-7-18(30)9-13)29(26(33)24(21)32)17-6-3-5-16(28)12-17/h2-12,22,30,32H,1H3. The number of carbonyl (C=O) groups is 2. The number of ketones is 1. The number of phenolic OH excluding ortho intramolecular Hbond substituents is 1. The number of ether oxygens (including phenoxy) is 1. The maximum Gasteiger partial charge on any atom is 0.294 e. The van der Waals surface area contributed by atoms with Crippen molar-refractivity contribution in [3.63, 3.8) is 0 Å². The third-order valence-corrected chi connectivity index (χ3v) is 5.93. The fourth-order valence-corrected chi connectivity index (χ4v) is 4.44. The lowest BCUT2D eigenvalue weighted by Gasteiger charge is -2.26. The first kappa shape index (κ1) is 22.5. The van der Waals surface area contributed by atoms with E-state index in [0.29, 0.717) is 21.7 Å². The number of hydrogen-bond acceptors (Lipinski definition) is 6. The number of nitrogens with zero attached hydrogens (tertiary/aromatic N) is 1. The molecule has 1 atom stereocenters. The van der Waals surface area contributed by atoms with Crippen LogP contribution in [0.15, 0.2) is 82.5 Å². The van der Waals surface area contributed by atoms with Gasteiger partial charge in [-0.2, -0.15) is 0 Å². The van der Waals surface area contributed by atoms with Crippen LogP contribution < -0.4 is 9.64 Å². The van der Waals surface area contributed by atoms with Gasteiger partial charge in [-0.15, -0.1) is 0 Å². The van der Waals surface area contributed by atoms with Crippen molar-refractivity contribution >= 4 is 39.9 Å². The summed E-state index contributed by atoms with van der Waals surface area (Å²) in [7, 11) is 1.42. The van der Waals surface area contributed by atoms with E-state index >= 15 is 0 Å². The van der Waals surface area contributed by atoms with Gasteiger partial charge in [0, 0.05) is 22.2 Å². The van der Waals surface area contributed by atoms with Crippen molar-refractivity contribution in [3.8, 4) is 11.5 Å². The Kier molecular flexibility index (Phi) is 5.45. The van der Waals surface area contributed by atoms with Crippen molar-refractivity contribution < 1.29 is 33.3 Å². The van der Waals surface area contributed by atoms with Gasteiger partial charge in [0.1, 0.15) is 11.6 Å². The van der Waals surface area contributed by atoms with Gasteiger partial charge in [-0.3, -0.25) is 14.5 Å². The first-order valence-corrected chi connectivity index (χ1v) is 10.8. The zero-order valence-corrected chi connectivity index (χ0v) is 18.9. The van der Waals surface area contributed by atoms with Crippen LogP contribution in [0.5, 0.6) is 11.5 Å². The van der Waals surface area contributed by atoms with E-state index in [9.17, 15) is 24.2 Å². The second kappa shape index (κ2) is 8.48. The highest BCUT2D eigenvalue weighted by molar-refractivity contribution is 6.31. The number of anilines is 1. The number of aliphatic hydroxyl groups is 1. The van der Waals surface area contributed by atoms with Crippen LogP contribution >= 0.6 is 11.6 Å². The number of furan rings is 1. The van der Waals surface area contributed by atoms with E-state index in [4.69, 9.17) is 20.8 Å². The first-order chi connectivity index (χ1) is 16.8. The Morgan fingerprint density at radius 3 is 2.57 bits per heavy atom. The van der Waals surface area contributed by atoms with Gasteiger partial charge < -0.3 is 19.4 Å². The van der Waals surface area contributed by atoms with Gasteiger partial charge >= 0.3 is 0 Å². The second-order valence-electron chi connectivity index (χ2n) is 7.88. The molecule has 0 saturated carbocycles. The number of rotatable bonds is 5. The topological polar surface area (TPSA) is 100 Å². The average molecular weight is 494 g/mol. The van der Waals surface area contributed by atoms with Crippen LogP contribution in [0.3, 0.4) is 0 Å². The van der Waals surface area contributed by atoms with Gasteiger partial charge in [-0.05, 0) is 48.0 Å². The van der Waals surface area contributed by atoms with Crippen LogP contribution in [0, 0.1) is 5.82 Å². The Bertz CT molecular complexity index is 1540. The van der Waals surface area contributed by atoms with E-state index in [0.717, 1.165) is 11.0 Å². The third kappa shape index (κ3) is 3.77. The van der Waals surface area contributed by atoms with Crippen LogP contribution in [-0.2, 0) is 4.79 Å². The van der Waals surface area contributed by atoms with E-state index in [1.807, 2.05) is 0 Å². The SMILES string of the molecule is COc1cc(Cl)cc2cc(C(=O)C3=C(O)C(=O)N(c4cccc(F)c4)C3c3cccc(O)c3)oc12. The zero-order valence-electron chi connectivity index (χ0n) is 18.2. The summed E-state index contributed by atoms with van der Waals surface area (Å²) < 4.78 is 25.1. The molecule has 176 valence electrons. The number of phenols is 1. The molecule has 4 aromatic rings. The molecule has 0 aliphatic carbocycles. The summed E-state index contributed by atoms with van der Waals surface area (Å²) in [5, 5.41) is 21.7. The van der Waals surface area contributed by atoms with E-state index in [2.05, 4.69) is 0 Å². The molecule has 5 rings (SSSR count).